The molecule has 0 unspecified atom stereocenters. The monoisotopic (exact) mass is 544 g/mol. The van der Waals surface area contributed by atoms with Crippen LogP contribution in [0.3, 0.4) is 0 Å². The van der Waals surface area contributed by atoms with E-state index in [1.807, 2.05) is 18.2 Å². The van der Waals surface area contributed by atoms with E-state index < -0.39 is 11.9 Å². The van der Waals surface area contributed by atoms with Crippen molar-refractivity contribution in [3.63, 3.8) is 0 Å². The van der Waals surface area contributed by atoms with Crippen LogP contribution < -0.4 is 14.8 Å². The molecule has 0 atom stereocenters. The minimum atomic E-state index is -0.552. The summed E-state index contributed by atoms with van der Waals surface area (Å²) >= 11 is 9.69. The zero-order valence-electron chi connectivity index (χ0n) is 18.0. The summed E-state index contributed by atoms with van der Waals surface area (Å²) < 4.78 is 25.1. The lowest BCUT2D eigenvalue weighted by atomic mass is 10.1. The number of hydrogen-bond donors (Lipinski definition) is 1. The van der Waals surface area contributed by atoms with E-state index in [0.717, 1.165) is 10.5 Å². The van der Waals surface area contributed by atoms with Crippen molar-refractivity contribution in [3.8, 4) is 11.5 Å². The highest BCUT2D eigenvalue weighted by molar-refractivity contribution is 9.10. The number of ether oxygens (including phenoxy) is 2. The molecule has 0 bridgehead atoms. The molecule has 0 saturated carbocycles. The molecule has 1 fully saturated rings. The molecule has 34 heavy (non-hydrogen) atoms. The van der Waals surface area contributed by atoms with E-state index in [2.05, 4.69) is 21.2 Å². The molecular weight excluding hydrogens is 527 g/mol. The molecule has 3 aromatic carbocycles. The molecule has 4 rings (SSSR count). The van der Waals surface area contributed by atoms with Gasteiger partial charge in [0.05, 0.1) is 13.7 Å². The molecule has 1 heterocycles. The summed E-state index contributed by atoms with van der Waals surface area (Å²) in [5, 5.41) is 3.18. The third-order valence-corrected chi connectivity index (χ3v) is 6.20. The zero-order valence-corrected chi connectivity index (χ0v) is 20.3. The van der Waals surface area contributed by atoms with Gasteiger partial charge < -0.3 is 14.8 Å². The van der Waals surface area contributed by atoms with E-state index in [0.29, 0.717) is 32.1 Å². The van der Waals surface area contributed by atoms with Gasteiger partial charge >= 0.3 is 6.03 Å². The fourth-order valence-corrected chi connectivity index (χ4v) is 3.97. The number of rotatable bonds is 7. The Kier molecular flexibility index (Phi) is 7.19. The van der Waals surface area contributed by atoms with Gasteiger partial charge in [0, 0.05) is 15.1 Å². The molecule has 1 N–H and O–H groups in total. The summed E-state index contributed by atoms with van der Waals surface area (Å²) in [6.07, 6.45) is 1.55. The number of halogens is 3. The van der Waals surface area contributed by atoms with Crippen molar-refractivity contribution in [2.45, 2.75) is 13.2 Å². The Labute approximate surface area is 209 Å². The Morgan fingerprint density at radius 3 is 2.53 bits per heavy atom. The highest BCUT2D eigenvalue weighted by atomic mass is 79.9. The highest BCUT2D eigenvalue weighted by Crippen LogP contribution is 2.35. The normalized spacial score (nSPS) is 14.5. The largest absolute Gasteiger partial charge is 0.493 e. The summed E-state index contributed by atoms with van der Waals surface area (Å²) in [5.74, 6) is 0.0528. The summed E-state index contributed by atoms with van der Waals surface area (Å²) in [7, 11) is 1.51. The van der Waals surface area contributed by atoms with Gasteiger partial charge in [-0.05, 0) is 47.5 Å². The van der Waals surface area contributed by atoms with E-state index in [1.165, 1.54) is 31.4 Å². The van der Waals surface area contributed by atoms with Crippen molar-refractivity contribution in [2.24, 2.45) is 0 Å². The Morgan fingerprint density at radius 2 is 1.82 bits per heavy atom. The van der Waals surface area contributed by atoms with Gasteiger partial charge in [-0.25, -0.2) is 9.18 Å². The fraction of sp³-hybridized carbons (Fsp3) is 0.120. The summed E-state index contributed by atoms with van der Waals surface area (Å²) in [4.78, 5) is 26.3. The van der Waals surface area contributed by atoms with Gasteiger partial charge in [0.25, 0.3) is 5.91 Å². The predicted octanol–water partition coefficient (Wildman–Crippen LogP) is 5.92. The number of nitrogens with zero attached hydrogens (tertiary/aromatic N) is 1. The number of carbonyl (C=O) groups excluding carboxylic acids is 2. The molecule has 6 nitrogen and oxygen atoms in total. The average molecular weight is 546 g/mol. The molecule has 0 aromatic heterocycles. The van der Waals surface area contributed by atoms with E-state index >= 15 is 0 Å². The lowest BCUT2D eigenvalue weighted by molar-refractivity contribution is -0.123. The molecule has 174 valence electrons. The third-order valence-electron chi connectivity index (χ3n) is 5.14. The quantitative estimate of drug-likeness (QED) is 0.296. The van der Waals surface area contributed by atoms with E-state index in [1.54, 1.807) is 24.3 Å². The number of hydrogen-bond acceptors (Lipinski definition) is 4. The number of carbonyl (C=O) groups is 2. The minimum absolute atomic E-state index is 0.0294. The second kappa shape index (κ2) is 10.3. The van der Waals surface area contributed by atoms with Gasteiger partial charge in [-0.2, -0.15) is 0 Å². The summed E-state index contributed by atoms with van der Waals surface area (Å²) in [6, 6.07) is 15.9. The molecule has 0 spiro atoms. The van der Waals surface area contributed by atoms with E-state index in [9.17, 15) is 14.0 Å². The van der Waals surface area contributed by atoms with Crippen LogP contribution in [-0.2, 0) is 17.9 Å². The topological polar surface area (TPSA) is 67.9 Å². The van der Waals surface area contributed by atoms with Crippen molar-refractivity contribution < 1.29 is 23.5 Å². The lowest BCUT2D eigenvalue weighted by Gasteiger charge is -2.14. The molecular formula is C25H19BrClFN2O4. The van der Waals surface area contributed by atoms with Crippen LogP contribution in [0.2, 0.25) is 5.02 Å². The van der Waals surface area contributed by atoms with Gasteiger partial charge in [0.1, 0.15) is 18.1 Å². The molecule has 9 heteroatoms. The standard InChI is InChI=1S/C25H19BrClFN2O4/c1-33-22-11-17(19(26)12-23(22)34-14-16-4-2-3-5-20(16)27)10-21-24(31)30(25(32)29-21)13-15-6-8-18(28)9-7-15/h2-12H,13-14H2,1H3,(H,29,32)/b21-10+. The molecule has 3 amide bonds. The minimum Gasteiger partial charge on any atom is -0.493 e. The maximum Gasteiger partial charge on any atom is 0.329 e. The van der Waals surface area contributed by atoms with Crippen LogP contribution in [-0.4, -0.2) is 23.9 Å². The van der Waals surface area contributed by atoms with Crippen molar-refractivity contribution in [2.75, 3.05) is 7.11 Å². The first kappa shape index (κ1) is 23.8. The predicted molar refractivity (Wildman–Crippen MR) is 130 cm³/mol. The first-order valence-corrected chi connectivity index (χ1v) is 11.4. The lowest BCUT2D eigenvalue weighted by Crippen LogP contribution is -2.30. The smallest absolute Gasteiger partial charge is 0.329 e. The van der Waals surface area contributed by atoms with Gasteiger partial charge in [-0.3, -0.25) is 9.69 Å². The number of urea groups is 1. The molecule has 1 aliphatic heterocycles. The van der Waals surface area contributed by atoms with Crippen LogP contribution in [0, 0.1) is 5.82 Å². The number of nitrogens with one attached hydrogen (secondary N) is 1. The molecule has 1 saturated heterocycles. The van der Waals surface area contributed by atoms with Crippen LogP contribution in [0.4, 0.5) is 9.18 Å². The van der Waals surface area contributed by atoms with Crippen LogP contribution in [0.25, 0.3) is 6.08 Å². The third kappa shape index (κ3) is 5.24. The number of methoxy groups -OCH3 is 1. The second-order valence-corrected chi connectivity index (χ2v) is 8.67. The van der Waals surface area contributed by atoms with Gasteiger partial charge in [0.15, 0.2) is 11.5 Å². The Hall–Kier alpha value is -3.36. The zero-order chi connectivity index (χ0) is 24.2. The van der Waals surface area contributed by atoms with Crippen LogP contribution >= 0.6 is 27.5 Å². The van der Waals surface area contributed by atoms with Gasteiger partial charge in [-0.15, -0.1) is 0 Å². The van der Waals surface area contributed by atoms with Crippen LogP contribution in [0.15, 0.2) is 70.8 Å². The molecule has 0 radical (unpaired) electrons. The maximum absolute atomic E-state index is 13.1. The SMILES string of the molecule is COc1cc(/C=C2/NC(=O)N(Cc3ccc(F)cc3)C2=O)c(Br)cc1OCc1ccccc1Cl. The molecule has 1 aliphatic rings. The number of amides is 3. The molecule has 0 aliphatic carbocycles. The first-order chi connectivity index (χ1) is 16.4. The van der Waals surface area contributed by atoms with E-state index in [-0.39, 0.29) is 24.7 Å². The Bertz CT molecular complexity index is 1280. The maximum atomic E-state index is 13.1. The summed E-state index contributed by atoms with van der Waals surface area (Å²) in [6.45, 7) is 0.275. The van der Waals surface area contributed by atoms with Crippen molar-refractivity contribution in [3.05, 3.63) is 98.4 Å². The Balaban J connectivity index is 1.54. The van der Waals surface area contributed by atoms with Gasteiger partial charge in [-0.1, -0.05) is 57.9 Å². The van der Waals surface area contributed by atoms with Crippen molar-refractivity contribution >= 4 is 45.5 Å². The highest BCUT2D eigenvalue weighted by Gasteiger charge is 2.33. The van der Waals surface area contributed by atoms with Gasteiger partial charge in [0.2, 0.25) is 0 Å². The number of benzene rings is 3. The number of imide groups is 1. The molecule has 3 aromatic rings. The van der Waals surface area contributed by atoms with Crippen LogP contribution in [0.5, 0.6) is 11.5 Å². The average Bonchev–Trinajstić information content (AvgIpc) is 3.08. The van der Waals surface area contributed by atoms with Crippen molar-refractivity contribution in [1.29, 1.82) is 0 Å². The Morgan fingerprint density at radius 1 is 1.09 bits per heavy atom. The van der Waals surface area contributed by atoms with E-state index in [4.69, 9.17) is 21.1 Å². The van der Waals surface area contributed by atoms with Crippen LogP contribution in [0.1, 0.15) is 16.7 Å². The summed E-state index contributed by atoms with van der Waals surface area (Å²) in [5.41, 5.74) is 2.18. The fourth-order valence-electron chi connectivity index (χ4n) is 3.35. The first-order valence-electron chi connectivity index (χ1n) is 10.2. The van der Waals surface area contributed by atoms with Crippen molar-refractivity contribution in [1.82, 2.24) is 10.2 Å². The second-order valence-electron chi connectivity index (χ2n) is 7.41.